The van der Waals surface area contributed by atoms with Crippen LogP contribution < -0.4 is 9.47 Å². The summed E-state index contributed by atoms with van der Waals surface area (Å²) in [6, 6.07) is 22.8. The zero-order valence-electron chi connectivity index (χ0n) is 15.3. The third-order valence-corrected chi connectivity index (χ3v) is 4.47. The normalized spacial score (nSPS) is 11.8. The zero-order chi connectivity index (χ0) is 19.1. The molecule has 3 rings (SSSR count). The molecule has 4 heteroatoms. The fraction of sp³-hybridized carbons (Fsp3) is 0.217. The lowest BCUT2D eigenvalue weighted by molar-refractivity contribution is 0.218. The average molecular weight is 364 g/mol. The van der Waals surface area contributed by atoms with Crippen LogP contribution in [0.15, 0.2) is 72.8 Å². The molecule has 0 aliphatic heterocycles. The van der Waals surface area contributed by atoms with E-state index >= 15 is 0 Å². The standard InChI is InChI=1S/C23H24O4/c1-26-21-9-5-8-18(15-21)23(25)19-10-11-22(20(14-19)16-24)27-13-12-17-6-3-2-4-7-17/h2-11,14-15,23-25H,12-13,16H2,1H3. The molecule has 0 spiro atoms. The molecule has 1 atom stereocenters. The maximum Gasteiger partial charge on any atom is 0.124 e. The molecule has 0 heterocycles. The Labute approximate surface area is 159 Å². The second-order valence-corrected chi connectivity index (χ2v) is 6.29. The summed E-state index contributed by atoms with van der Waals surface area (Å²) in [7, 11) is 1.59. The van der Waals surface area contributed by atoms with Gasteiger partial charge in [-0.15, -0.1) is 0 Å². The van der Waals surface area contributed by atoms with Crippen molar-refractivity contribution in [3.8, 4) is 11.5 Å². The molecule has 3 aromatic rings. The van der Waals surface area contributed by atoms with Gasteiger partial charge in [-0.2, -0.15) is 0 Å². The molecule has 1 unspecified atom stereocenters. The van der Waals surface area contributed by atoms with Crippen LogP contribution in [0.3, 0.4) is 0 Å². The lowest BCUT2D eigenvalue weighted by Gasteiger charge is -2.16. The summed E-state index contributed by atoms with van der Waals surface area (Å²) >= 11 is 0. The van der Waals surface area contributed by atoms with E-state index in [1.54, 1.807) is 25.3 Å². The van der Waals surface area contributed by atoms with Gasteiger partial charge in [0, 0.05) is 12.0 Å². The first kappa shape index (κ1) is 19.0. The van der Waals surface area contributed by atoms with Crippen molar-refractivity contribution in [2.24, 2.45) is 0 Å². The van der Waals surface area contributed by atoms with Crippen molar-refractivity contribution < 1.29 is 19.7 Å². The molecule has 0 saturated heterocycles. The number of aliphatic hydroxyl groups excluding tert-OH is 2. The van der Waals surface area contributed by atoms with Crippen LogP contribution in [0.25, 0.3) is 0 Å². The van der Waals surface area contributed by atoms with Crippen LogP contribution in [0.4, 0.5) is 0 Å². The molecule has 0 aliphatic carbocycles. The van der Waals surface area contributed by atoms with Crippen molar-refractivity contribution in [3.05, 3.63) is 95.1 Å². The van der Waals surface area contributed by atoms with E-state index in [2.05, 4.69) is 12.1 Å². The lowest BCUT2D eigenvalue weighted by atomic mass is 9.99. The number of rotatable bonds is 8. The van der Waals surface area contributed by atoms with Crippen molar-refractivity contribution in [2.75, 3.05) is 13.7 Å². The SMILES string of the molecule is COc1cccc(C(O)c2ccc(OCCc3ccccc3)c(CO)c2)c1. The largest absolute Gasteiger partial charge is 0.497 e. The fourth-order valence-corrected chi connectivity index (χ4v) is 2.96. The molecule has 0 aliphatic rings. The van der Waals surface area contributed by atoms with Gasteiger partial charge in [0.25, 0.3) is 0 Å². The predicted octanol–water partition coefficient (Wildman–Crippen LogP) is 3.89. The van der Waals surface area contributed by atoms with Crippen molar-refractivity contribution in [1.29, 1.82) is 0 Å². The van der Waals surface area contributed by atoms with Crippen molar-refractivity contribution in [3.63, 3.8) is 0 Å². The third-order valence-electron chi connectivity index (χ3n) is 4.47. The predicted molar refractivity (Wildman–Crippen MR) is 105 cm³/mol. The minimum atomic E-state index is -0.802. The van der Waals surface area contributed by atoms with Gasteiger partial charge in [0.15, 0.2) is 0 Å². The highest BCUT2D eigenvalue weighted by Crippen LogP contribution is 2.29. The first-order valence-electron chi connectivity index (χ1n) is 8.93. The third kappa shape index (κ3) is 4.88. The summed E-state index contributed by atoms with van der Waals surface area (Å²) < 4.78 is 11.1. The van der Waals surface area contributed by atoms with E-state index in [9.17, 15) is 10.2 Å². The quantitative estimate of drug-likeness (QED) is 0.637. The number of hydrogen-bond acceptors (Lipinski definition) is 4. The van der Waals surface area contributed by atoms with Gasteiger partial charge in [-0.05, 0) is 41.0 Å². The fourth-order valence-electron chi connectivity index (χ4n) is 2.96. The summed E-state index contributed by atoms with van der Waals surface area (Å²) in [5.74, 6) is 1.32. The second kappa shape index (κ2) is 9.21. The Morgan fingerprint density at radius 1 is 0.889 bits per heavy atom. The van der Waals surface area contributed by atoms with E-state index in [-0.39, 0.29) is 6.61 Å². The molecule has 3 aromatic carbocycles. The molecule has 0 radical (unpaired) electrons. The maximum absolute atomic E-state index is 10.7. The Bertz CT molecular complexity index is 861. The van der Waals surface area contributed by atoms with Crippen LogP contribution in [0.2, 0.25) is 0 Å². The number of ether oxygens (including phenoxy) is 2. The van der Waals surface area contributed by atoms with Gasteiger partial charge < -0.3 is 19.7 Å². The molecule has 140 valence electrons. The lowest BCUT2D eigenvalue weighted by Crippen LogP contribution is -2.06. The van der Waals surface area contributed by atoms with E-state index in [0.717, 1.165) is 12.0 Å². The Hall–Kier alpha value is -2.82. The van der Waals surface area contributed by atoms with Crippen LogP contribution in [-0.2, 0) is 13.0 Å². The van der Waals surface area contributed by atoms with Crippen LogP contribution in [0.1, 0.15) is 28.4 Å². The Balaban J connectivity index is 1.71. The van der Waals surface area contributed by atoms with E-state index in [1.807, 2.05) is 42.5 Å². The summed E-state index contributed by atoms with van der Waals surface area (Å²) in [5.41, 5.74) is 3.29. The molecule has 0 aromatic heterocycles. The topological polar surface area (TPSA) is 58.9 Å². The smallest absolute Gasteiger partial charge is 0.124 e. The Morgan fingerprint density at radius 2 is 1.67 bits per heavy atom. The zero-order valence-corrected chi connectivity index (χ0v) is 15.3. The first-order valence-corrected chi connectivity index (χ1v) is 8.93. The molecule has 0 fully saturated rings. The highest BCUT2D eigenvalue weighted by Gasteiger charge is 2.14. The van der Waals surface area contributed by atoms with Gasteiger partial charge in [0.2, 0.25) is 0 Å². The number of hydrogen-bond donors (Lipinski definition) is 2. The van der Waals surface area contributed by atoms with Crippen molar-refractivity contribution in [1.82, 2.24) is 0 Å². The van der Waals surface area contributed by atoms with E-state index in [1.165, 1.54) is 5.56 Å². The van der Waals surface area contributed by atoms with Gasteiger partial charge in [-0.1, -0.05) is 48.5 Å². The van der Waals surface area contributed by atoms with E-state index < -0.39 is 6.10 Å². The highest BCUT2D eigenvalue weighted by atomic mass is 16.5. The number of aliphatic hydroxyl groups is 2. The number of benzene rings is 3. The average Bonchev–Trinajstić information content (AvgIpc) is 2.74. The Kier molecular flexibility index (Phi) is 6.47. The summed E-state index contributed by atoms with van der Waals surface area (Å²) in [5, 5.41) is 20.4. The Morgan fingerprint density at radius 3 is 2.41 bits per heavy atom. The van der Waals surface area contributed by atoms with Gasteiger partial charge in [0.05, 0.1) is 20.3 Å². The highest BCUT2D eigenvalue weighted by molar-refractivity contribution is 5.41. The first-order chi connectivity index (χ1) is 13.2. The van der Waals surface area contributed by atoms with Crippen LogP contribution in [0.5, 0.6) is 11.5 Å². The van der Waals surface area contributed by atoms with E-state index in [4.69, 9.17) is 9.47 Å². The molecule has 0 saturated carbocycles. The van der Waals surface area contributed by atoms with Crippen molar-refractivity contribution in [2.45, 2.75) is 19.1 Å². The summed E-state index contributed by atoms with van der Waals surface area (Å²) in [6.07, 6.45) is -0.0105. The van der Waals surface area contributed by atoms with Gasteiger partial charge >= 0.3 is 0 Å². The second-order valence-electron chi connectivity index (χ2n) is 6.29. The summed E-state index contributed by atoms with van der Waals surface area (Å²) in [4.78, 5) is 0. The number of methoxy groups -OCH3 is 1. The molecule has 0 bridgehead atoms. The van der Waals surface area contributed by atoms with Gasteiger partial charge in [-0.3, -0.25) is 0 Å². The molecule has 2 N–H and O–H groups in total. The van der Waals surface area contributed by atoms with Crippen molar-refractivity contribution >= 4 is 0 Å². The molecule has 27 heavy (non-hydrogen) atoms. The van der Waals surface area contributed by atoms with E-state index in [0.29, 0.717) is 29.2 Å². The van der Waals surface area contributed by atoms with Crippen LogP contribution >= 0.6 is 0 Å². The molecule has 4 nitrogen and oxygen atoms in total. The maximum atomic E-state index is 10.7. The molecular formula is C23H24O4. The van der Waals surface area contributed by atoms with Crippen LogP contribution in [-0.4, -0.2) is 23.9 Å². The van der Waals surface area contributed by atoms with Gasteiger partial charge in [0.1, 0.15) is 17.6 Å². The minimum Gasteiger partial charge on any atom is -0.497 e. The molecule has 0 amide bonds. The summed E-state index contributed by atoms with van der Waals surface area (Å²) in [6.45, 7) is 0.369. The van der Waals surface area contributed by atoms with Gasteiger partial charge in [-0.25, -0.2) is 0 Å². The monoisotopic (exact) mass is 364 g/mol. The minimum absolute atomic E-state index is 0.153. The van der Waals surface area contributed by atoms with Crippen LogP contribution in [0, 0.1) is 0 Å². The molecular weight excluding hydrogens is 340 g/mol.